The van der Waals surface area contributed by atoms with Crippen LogP contribution < -0.4 is 0 Å². The maximum Gasteiger partial charge on any atom is 0.0541 e. The van der Waals surface area contributed by atoms with Gasteiger partial charge in [-0.05, 0) is 83.9 Å². The molecule has 0 amide bonds. The van der Waals surface area contributed by atoms with Crippen LogP contribution in [-0.4, -0.2) is 13.7 Å². The highest BCUT2D eigenvalue weighted by Gasteiger charge is 2.17. The van der Waals surface area contributed by atoms with E-state index in [0.29, 0.717) is 0 Å². The number of halogens is 1. The topological polar surface area (TPSA) is 14.8 Å². The van der Waals surface area contributed by atoms with Gasteiger partial charge in [-0.3, -0.25) is 0 Å². The zero-order chi connectivity index (χ0) is 35.5. The van der Waals surface area contributed by atoms with Gasteiger partial charge in [-0.15, -0.1) is 24.0 Å². The lowest BCUT2D eigenvalue weighted by Gasteiger charge is -2.13. The van der Waals surface area contributed by atoms with Crippen molar-refractivity contribution in [3.63, 3.8) is 0 Å². The zero-order valence-electron chi connectivity index (χ0n) is 30.1. The van der Waals surface area contributed by atoms with Gasteiger partial charge in [0.15, 0.2) is 0 Å². The van der Waals surface area contributed by atoms with Crippen molar-refractivity contribution in [3.8, 4) is 28.2 Å². The van der Waals surface area contributed by atoms with Gasteiger partial charge in [0.2, 0.25) is 0 Å². The average Bonchev–Trinajstić information content (AvgIpc) is 3.87. The molecule has 0 radical (unpaired) electrons. The lowest BCUT2D eigenvalue weighted by molar-refractivity contribution is 1.13. The van der Waals surface area contributed by atoms with Crippen LogP contribution in [0.5, 0.6) is 0 Å². The minimum absolute atomic E-state index is 0. The first-order valence-corrected chi connectivity index (χ1v) is 18.5. The molecule has 4 heteroatoms. The van der Waals surface area contributed by atoms with E-state index in [-0.39, 0.29) is 24.0 Å². The second-order valence-electron chi connectivity index (χ2n) is 13.4. The molecule has 11 rings (SSSR count). The molecule has 0 aliphatic heterocycles. The largest absolute Gasteiger partial charge is 0.309 e. The number of benzene rings is 8. The first-order chi connectivity index (χ1) is 26.3. The minimum Gasteiger partial charge on any atom is -0.309 e. The van der Waals surface area contributed by atoms with Gasteiger partial charge < -0.3 is 13.7 Å². The third kappa shape index (κ3) is 5.16. The summed E-state index contributed by atoms with van der Waals surface area (Å²) in [6.45, 7) is 4.00. The van der Waals surface area contributed by atoms with Crippen LogP contribution in [0.1, 0.15) is 13.8 Å². The first kappa shape index (κ1) is 33.7. The molecule has 0 N–H and O–H groups in total. The van der Waals surface area contributed by atoms with Crippen LogP contribution in [0.3, 0.4) is 0 Å². The Morgan fingerprint density at radius 3 is 1.00 bits per heavy atom. The summed E-state index contributed by atoms with van der Waals surface area (Å²) in [4.78, 5) is 0. The molecule has 3 aromatic heterocycles. The molecular formula is C50H38IN3. The Kier molecular flexibility index (Phi) is 8.55. The summed E-state index contributed by atoms with van der Waals surface area (Å²) in [5.74, 6) is 0. The molecule has 0 aliphatic rings. The van der Waals surface area contributed by atoms with Gasteiger partial charge in [-0.2, -0.15) is 0 Å². The molecule has 0 bridgehead atoms. The first-order valence-electron chi connectivity index (χ1n) is 18.5. The Bertz CT molecular complexity index is 3050. The van der Waals surface area contributed by atoms with Crippen molar-refractivity contribution in [3.05, 3.63) is 188 Å². The Morgan fingerprint density at radius 1 is 0.259 bits per heavy atom. The van der Waals surface area contributed by atoms with E-state index in [1.54, 1.807) is 0 Å². The monoisotopic (exact) mass is 807 g/mol. The number of fused-ring (bicyclic) bond motifs is 9. The average molecular weight is 808 g/mol. The van der Waals surface area contributed by atoms with Crippen LogP contribution in [0.25, 0.3) is 93.6 Å². The fraction of sp³-hybridized carbons (Fsp3) is 0.0400. The lowest BCUT2D eigenvalue weighted by atomic mass is 10.0. The van der Waals surface area contributed by atoms with Gasteiger partial charge in [0.25, 0.3) is 0 Å². The number of para-hydroxylation sites is 5. The van der Waals surface area contributed by atoms with Crippen molar-refractivity contribution >= 4 is 89.4 Å². The molecule has 11 aromatic rings. The van der Waals surface area contributed by atoms with Gasteiger partial charge in [-0.1, -0.05) is 129 Å². The quantitative estimate of drug-likeness (QED) is 0.157. The third-order valence-electron chi connectivity index (χ3n) is 10.6. The van der Waals surface area contributed by atoms with Crippen molar-refractivity contribution in [2.45, 2.75) is 13.8 Å². The van der Waals surface area contributed by atoms with Crippen molar-refractivity contribution < 1.29 is 0 Å². The molecule has 3 heterocycles. The van der Waals surface area contributed by atoms with Gasteiger partial charge in [0.05, 0.1) is 33.1 Å². The molecule has 0 atom stereocenters. The fourth-order valence-corrected chi connectivity index (χ4v) is 8.43. The highest BCUT2D eigenvalue weighted by molar-refractivity contribution is 14.0. The van der Waals surface area contributed by atoms with E-state index < -0.39 is 0 Å². The number of rotatable bonds is 4. The van der Waals surface area contributed by atoms with E-state index in [1.165, 1.54) is 76.5 Å². The van der Waals surface area contributed by atoms with Gasteiger partial charge in [0, 0.05) is 49.4 Å². The van der Waals surface area contributed by atoms with Gasteiger partial charge in [0.1, 0.15) is 0 Å². The van der Waals surface area contributed by atoms with Crippen LogP contribution in [0, 0.1) is 0 Å². The van der Waals surface area contributed by atoms with E-state index >= 15 is 0 Å². The number of hydrogen-bond acceptors (Lipinski definition) is 0. The maximum atomic E-state index is 2.42. The smallest absolute Gasteiger partial charge is 0.0541 e. The molecule has 0 fully saturated rings. The van der Waals surface area contributed by atoms with Crippen LogP contribution >= 0.6 is 24.0 Å². The van der Waals surface area contributed by atoms with Crippen molar-refractivity contribution in [1.82, 2.24) is 13.7 Å². The van der Waals surface area contributed by atoms with Gasteiger partial charge >= 0.3 is 0 Å². The van der Waals surface area contributed by atoms with E-state index in [0.717, 1.165) is 17.1 Å². The Morgan fingerprint density at radius 2 is 0.574 bits per heavy atom. The summed E-state index contributed by atoms with van der Waals surface area (Å²) in [6.07, 6.45) is 0. The molecule has 0 saturated heterocycles. The van der Waals surface area contributed by atoms with E-state index in [1.807, 2.05) is 13.8 Å². The van der Waals surface area contributed by atoms with Crippen LogP contribution in [-0.2, 0) is 0 Å². The highest BCUT2D eigenvalue weighted by atomic mass is 127. The SMILES string of the molecule is CC.I.c1cc(-c2ccc3c(c2)c2ccccc2n3-c2cccc(-n3c4ccccc4c4ccccc43)c2)cc(-n2c3ccccc3c3ccccc32)c1. The summed E-state index contributed by atoms with van der Waals surface area (Å²) in [5.41, 5.74) is 13.1. The summed E-state index contributed by atoms with van der Waals surface area (Å²) < 4.78 is 7.20. The molecule has 0 saturated carbocycles. The Balaban J connectivity index is 0.00000126. The number of hydrogen-bond donors (Lipinski definition) is 0. The molecule has 0 aliphatic carbocycles. The predicted molar refractivity (Wildman–Crippen MR) is 242 cm³/mol. The van der Waals surface area contributed by atoms with E-state index in [2.05, 4.69) is 202 Å². The molecule has 0 spiro atoms. The van der Waals surface area contributed by atoms with E-state index in [4.69, 9.17) is 0 Å². The Hall–Kier alpha value is -6.11. The number of aromatic nitrogens is 3. The maximum absolute atomic E-state index is 2.42. The standard InChI is InChI=1S/C48H31N3.C2H6.HI/c1-6-22-43-37(17-1)38-18-2-7-23-44(38)49(43)34-14-11-13-32(29-34)33-27-28-48-42(30-33)41-21-5-10-26-47(41)51(48)36-16-12-15-35(31-36)50-45-24-8-3-19-39(45)40-20-4-9-25-46(40)50;1-2;/h1-31H;1-2H3;1H. The third-order valence-corrected chi connectivity index (χ3v) is 10.6. The molecule has 54 heavy (non-hydrogen) atoms. The summed E-state index contributed by atoms with van der Waals surface area (Å²) in [5, 5.41) is 7.57. The Labute approximate surface area is 331 Å². The van der Waals surface area contributed by atoms with Crippen molar-refractivity contribution in [2.75, 3.05) is 0 Å². The summed E-state index contributed by atoms with van der Waals surface area (Å²) >= 11 is 0. The van der Waals surface area contributed by atoms with Crippen LogP contribution in [0.2, 0.25) is 0 Å². The van der Waals surface area contributed by atoms with E-state index in [9.17, 15) is 0 Å². The zero-order valence-corrected chi connectivity index (χ0v) is 32.5. The molecule has 3 nitrogen and oxygen atoms in total. The van der Waals surface area contributed by atoms with Crippen LogP contribution in [0.15, 0.2) is 188 Å². The fourth-order valence-electron chi connectivity index (χ4n) is 8.43. The predicted octanol–water partition coefficient (Wildman–Crippen LogP) is 14.3. The molecular weight excluding hydrogens is 769 g/mol. The molecule has 8 aromatic carbocycles. The van der Waals surface area contributed by atoms with Crippen molar-refractivity contribution in [2.24, 2.45) is 0 Å². The van der Waals surface area contributed by atoms with Crippen LogP contribution in [0.4, 0.5) is 0 Å². The molecule has 260 valence electrons. The normalized spacial score (nSPS) is 11.4. The summed E-state index contributed by atoms with van der Waals surface area (Å²) in [6, 6.07) is 68.5. The molecule has 0 unspecified atom stereocenters. The minimum atomic E-state index is 0. The number of nitrogens with zero attached hydrogens (tertiary/aromatic N) is 3. The summed E-state index contributed by atoms with van der Waals surface area (Å²) in [7, 11) is 0. The highest BCUT2D eigenvalue weighted by Crippen LogP contribution is 2.38. The van der Waals surface area contributed by atoms with Crippen molar-refractivity contribution in [1.29, 1.82) is 0 Å². The second kappa shape index (κ2) is 13.7. The van der Waals surface area contributed by atoms with Gasteiger partial charge in [-0.25, -0.2) is 0 Å². The second-order valence-corrected chi connectivity index (χ2v) is 13.4. The lowest BCUT2D eigenvalue weighted by Crippen LogP contribution is -1.98.